The van der Waals surface area contributed by atoms with E-state index in [-0.39, 0.29) is 66.5 Å². The van der Waals surface area contributed by atoms with Gasteiger partial charge in [-0.3, -0.25) is 86.3 Å². The Kier molecular flexibility index (Phi) is 38.5. The normalized spacial score (nSPS) is 20.7. The van der Waals surface area contributed by atoms with Crippen LogP contribution in [0.5, 0.6) is 5.75 Å². The third kappa shape index (κ3) is 31.5. The van der Waals surface area contributed by atoms with Crippen molar-refractivity contribution < 1.29 is 106 Å². The first-order chi connectivity index (χ1) is 64.7. The number of esters is 1. The number of ether oxygens (including phenoxy) is 1. The molecule has 0 bridgehead atoms. The number of nitrogens with two attached hydrogens (primary N) is 1. The number of nitrogens with zero attached hydrogens (tertiary/aromatic N) is 1. The number of H-pyrrole nitrogens is 3. The highest BCUT2D eigenvalue weighted by atomic mass is 32.2. The van der Waals surface area contributed by atoms with Crippen LogP contribution in [0.1, 0.15) is 138 Å². The molecule has 3 aromatic heterocycles. The molecule has 0 saturated carbocycles. The molecule has 724 valence electrons. The number of benzene rings is 5. The number of aromatic amines is 3. The zero-order chi connectivity index (χ0) is 99.1. The molecule has 43 heteroatoms. The van der Waals surface area contributed by atoms with E-state index in [4.69, 9.17) is 10.5 Å². The fourth-order valence-corrected chi connectivity index (χ4v) is 15.5. The Bertz CT molecular complexity index is 5630. The van der Waals surface area contributed by atoms with Gasteiger partial charge in [0.15, 0.2) is 5.78 Å². The highest BCUT2D eigenvalue weighted by Crippen LogP contribution is 2.25. The van der Waals surface area contributed by atoms with Crippen LogP contribution >= 0.6 is 11.8 Å². The van der Waals surface area contributed by atoms with Crippen LogP contribution in [0.15, 0.2) is 152 Å². The van der Waals surface area contributed by atoms with Gasteiger partial charge in [0.1, 0.15) is 78.3 Å². The number of amides is 16. The lowest BCUT2D eigenvalue weighted by Gasteiger charge is -2.29. The summed E-state index contributed by atoms with van der Waals surface area (Å²) in [6.45, 7) is 11.5. The summed E-state index contributed by atoms with van der Waals surface area (Å²) in [6, 6.07) is 13.6. The number of aromatic nitrogens is 4. The summed E-state index contributed by atoms with van der Waals surface area (Å²) in [5.41, 5.74) is 9.02. The van der Waals surface area contributed by atoms with Crippen LogP contribution in [0.3, 0.4) is 0 Å². The smallest absolute Gasteiger partial charge is 0.343 e. The van der Waals surface area contributed by atoms with Gasteiger partial charge in [-0.25, -0.2) is 9.78 Å². The Balaban J connectivity index is 1.05. The lowest BCUT2D eigenvalue weighted by molar-refractivity contribution is -0.141. The zero-order valence-corrected chi connectivity index (χ0v) is 77.0. The van der Waals surface area contributed by atoms with Gasteiger partial charge in [-0.05, 0) is 111 Å². The molecular weight excluding hydrogens is 1780 g/mol. The van der Waals surface area contributed by atoms with E-state index in [0.29, 0.717) is 55.8 Å². The number of carboxylic acids is 1. The van der Waals surface area contributed by atoms with Gasteiger partial charge in [0.25, 0.3) is 0 Å². The number of anilines is 1. The molecule has 42 nitrogen and oxygen atoms in total. The van der Waals surface area contributed by atoms with E-state index < -0.39 is 241 Å². The van der Waals surface area contributed by atoms with Crippen LogP contribution in [-0.2, 0) is 101 Å². The molecule has 1 aliphatic rings. The zero-order valence-electron chi connectivity index (χ0n) is 76.1. The highest BCUT2D eigenvalue weighted by molar-refractivity contribution is 8.00. The van der Waals surface area contributed by atoms with Crippen molar-refractivity contribution in [2.75, 3.05) is 29.9 Å². The standard InChI is InChI=1S/C93H114N20O22S/c1-47(2)33-66-83(124)99-43-75(117)104-65(31-32-74(116)103-58-27-29-60(30-28-58)135-93(134)55-25-23-54(24-26-55)80(121)53-17-11-10-12-18-53)84(125)107-67(34-48(3)4)89(130)112-78(49(5)6)92(133)109-69(36-57-40-97-64-22-16-14-20-62(57)64)86(127)111-73(91(132)113-79(51(8)114)81(94)122)44-136-45-76(118)98-42-72(110-88(129)71(38-77(119)120)102-52(9)115)90(131)101-50(7)82(123)105-68(35-56-39-96-63-21-15-13-19-61(56)63)85(126)108-70(87(128)106-66)37-59-41-95-46-100-59/h10-30,39-41,46-51,65-73,78-79,96-97,114H,31-38,42-45H2,1-9H3,(H2,94,122)(H,95,100)(H,98,118)(H,99,124)(H,101,131)(H,102,115)(H,103,116)(H,104,117)(H,105,123)(H,106,128)(H,107,125)(H,108,126)(H,109,133)(H,110,129)(H,111,127)(H,112,130)(H,113,132)(H,119,120)/t50-,51+,65-,66-,67-,68-,69-,70-,71-,72-,73-,78-,79-/m0/s1. The van der Waals surface area contributed by atoms with Crippen molar-refractivity contribution in [2.45, 2.75) is 192 Å². The number of carbonyl (C=O) groups is 19. The van der Waals surface area contributed by atoms with Gasteiger partial charge in [-0.2, -0.15) is 0 Å². The van der Waals surface area contributed by atoms with Gasteiger partial charge in [0.05, 0.1) is 42.4 Å². The summed E-state index contributed by atoms with van der Waals surface area (Å²) in [7, 11) is 0. The molecule has 8 aromatic rings. The van der Waals surface area contributed by atoms with E-state index in [1.54, 1.807) is 133 Å². The number of carboxylic acid groups (broad SMARTS) is 1. The average Bonchev–Trinajstić information content (AvgIpc) is 1.72. The number of ketones is 1. The molecule has 9 rings (SSSR count). The number of nitrogens with one attached hydrogen (secondary N) is 18. The van der Waals surface area contributed by atoms with Crippen molar-refractivity contribution in [1.29, 1.82) is 0 Å². The fourth-order valence-electron chi connectivity index (χ4n) is 14.6. The Morgan fingerprint density at radius 2 is 1.07 bits per heavy atom. The van der Waals surface area contributed by atoms with Crippen molar-refractivity contribution in [3.05, 3.63) is 186 Å². The predicted molar refractivity (Wildman–Crippen MR) is 497 cm³/mol. The van der Waals surface area contributed by atoms with Crippen LogP contribution in [0.25, 0.3) is 21.8 Å². The predicted octanol–water partition coefficient (Wildman–Crippen LogP) is 0.195. The van der Waals surface area contributed by atoms with Crippen LogP contribution in [0, 0.1) is 17.8 Å². The lowest BCUT2D eigenvalue weighted by Crippen LogP contribution is -2.61. The number of carbonyl (C=O) groups excluding carboxylic acids is 18. The van der Waals surface area contributed by atoms with Crippen LogP contribution in [0.2, 0.25) is 0 Å². The Morgan fingerprint density at radius 3 is 1.63 bits per heavy atom. The van der Waals surface area contributed by atoms with Crippen LogP contribution in [0.4, 0.5) is 5.69 Å². The molecule has 4 heterocycles. The molecule has 16 amide bonds. The molecule has 0 aliphatic carbocycles. The molecule has 13 atom stereocenters. The number of imidazole rings is 1. The van der Waals surface area contributed by atoms with Gasteiger partial charge in [-0.1, -0.05) is 120 Å². The monoisotopic (exact) mass is 1890 g/mol. The van der Waals surface area contributed by atoms with E-state index in [0.717, 1.165) is 13.8 Å². The number of aliphatic hydroxyl groups is 1. The SMILES string of the molecule is CC(=O)N[C@@H](CC(=O)O)C(=O)N[C@H]1CNC(=O)CSC[C@@H](C(=O)N[C@H](C(N)=O)[C@@H](C)O)NC(=O)[C@H](Cc2c[nH]c3ccccc23)NC(=O)[C@H](C(C)C)NC(=O)[C@H](CC(C)C)NC(=O)[C@H](CCC(=O)Nc2ccc(OC(=O)c3ccc(C(=O)c4ccccc4)cc3)cc2)NC(=O)CNC(=O)[C@H](CC(C)C)NC(=O)[C@H](Cc2c[nH]cn2)NC(=O)[C@H](Cc2c[nH]c3ccccc23)NC(=O)[C@H](C)NC1=O. The second kappa shape index (κ2) is 50.1. The maximum atomic E-state index is 15.2. The summed E-state index contributed by atoms with van der Waals surface area (Å²) < 4.78 is 5.58. The quantitative estimate of drug-likeness (QED) is 0.0177. The molecule has 5 aromatic carbocycles. The third-order valence-corrected chi connectivity index (χ3v) is 22.7. The Hall–Kier alpha value is -15.2. The molecule has 1 fully saturated rings. The molecule has 1 aliphatic heterocycles. The van der Waals surface area contributed by atoms with Crippen molar-refractivity contribution in [1.82, 2.24) is 94.4 Å². The summed E-state index contributed by atoms with van der Waals surface area (Å²) in [4.78, 5) is 282. The van der Waals surface area contributed by atoms with E-state index >= 15 is 24.0 Å². The van der Waals surface area contributed by atoms with Crippen molar-refractivity contribution in [3.63, 3.8) is 0 Å². The molecule has 22 N–H and O–H groups in total. The van der Waals surface area contributed by atoms with Gasteiger partial charge in [-0.15, -0.1) is 11.8 Å². The van der Waals surface area contributed by atoms with Gasteiger partial charge >= 0.3 is 11.9 Å². The largest absolute Gasteiger partial charge is 0.481 e. The topological polar surface area (TPSA) is 641 Å². The Labute approximate surface area is 785 Å². The number of aliphatic hydroxyl groups excluding tert-OH is 1. The summed E-state index contributed by atoms with van der Waals surface area (Å²) in [5, 5.41) is 59.6. The molecule has 1 saturated heterocycles. The minimum atomic E-state index is -1.93. The van der Waals surface area contributed by atoms with Gasteiger partial charge in [0.2, 0.25) is 94.5 Å². The first-order valence-electron chi connectivity index (χ1n) is 44.0. The number of hydrogen-bond donors (Lipinski definition) is 21. The number of hydrogen-bond acceptors (Lipinski definition) is 23. The molecule has 0 radical (unpaired) electrons. The number of primary amides is 1. The van der Waals surface area contributed by atoms with Gasteiger partial charge < -0.3 is 115 Å². The number of rotatable bonds is 28. The van der Waals surface area contributed by atoms with Crippen LogP contribution in [-0.4, -0.2) is 246 Å². The second-order valence-corrected chi connectivity index (χ2v) is 35.0. The highest BCUT2D eigenvalue weighted by Gasteiger charge is 2.39. The van der Waals surface area contributed by atoms with E-state index in [1.165, 1.54) is 68.0 Å². The Morgan fingerprint density at radius 1 is 0.544 bits per heavy atom. The van der Waals surface area contributed by atoms with E-state index in [1.807, 2.05) is 0 Å². The van der Waals surface area contributed by atoms with Crippen molar-refractivity contribution in [2.24, 2.45) is 23.5 Å². The maximum absolute atomic E-state index is 15.2. The number of fused-ring (bicyclic) bond motifs is 2. The van der Waals surface area contributed by atoms with Crippen LogP contribution < -0.4 is 90.2 Å². The molecule has 136 heavy (non-hydrogen) atoms. The fraction of sp³-hybridized carbons (Fsp3) is 0.398. The first-order valence-corrected chi connectivity index (χ1v) is 45.1. The summed E-state index contributed by atoms with van der Waals surface area (Å²) in [5.74, 6) is -21.9. The maximum Gasteiger partial charge on any atom is 0.343 e. The first kappa shape index (κ1) is 105. The minimum absolute atomic E-state index is 0.0661. The van der Waals surface area contributed by atoms with Crippen molar-refractivity contribution in [3.8, 4) is 5.75 Å². The second-order valence-electron chi connectivity index (χ2n) is 34.0. The van der Waals surface area contributed by atoms with Gasteiger partial charge in [0, 0.05) is 102 Å². The molecule has 0 unspecified atom stereocenters. The average molecular weight is 1900 g/mol. The minimum Gasteiger partial charge on any atom is -0.481 e. The lowest BCUT2D eigenvalue weighted by atomic mass is 9.98. The summed E-state index contributed by atoms with van der Waals surface area (Å²) in [6.07, 6.45) is 0.919. The number of thioether (sulfide) groups is 1. The van der Waals surface area contributed by atoms with Crippen molar-refractivity contribution >= 4 is 151 Å². The van der Waals surface area contributed by atoms with E-state index in [9.17, 15) is 77.3 Å². The molecular formula is C93H114N20O22S. The third-order valence-electron chi connectivity index (χ3n) is 21.7. The molecule has 0 spiro atoms. The number of para-hydroxylation sites is 2. The van der Waals surface area contributed by atoms with E-state index in [2.05, 4.69) is 99.7 Å². The summed E-state index contributed by atoms with van der Waals surface area (Å²) >= 11 is 0.660. The number of aliphatic carboxylic acids is 1.